The van der Waals surface area contributed by atoms with E-state index in [1.807, 2.05) is 18.2 Å². The minimum atomic E-state index is -0.473. The maximum Gasteiger partial charge on any atom is 0.265 e. The van der Waals surface area contributed by atoms with Gasteiger partial charge >= 0.3 is 0 Å². The van der Waals surface area contributed by atoms with E-state index < -0.39 is 5.82 Å². The molecule has 0 unspecified atom stereocenters. The van der Waals surface area contributed by atoms with Gasteiger partial charge in [0.05, 0.1) is 16.3 Å². The quantitative estimate of drug-likeness (QED) is 0.515. The summed E-state index contributed by atoms with van der Waals surface area (Å²) in [5, 5.41) is 3.74. The van der Waals surface area contributed by atoms with Gasteiger partial charge in [0.1, 0.15) is 10.6 Å². The van der Waals surface area contributed by atoms with Gasteiger partial charge in [-0.15, -0.1) is 11.3 Å². The van der Waals surface area contributed by atoms with E-state index in [4.69, 9.17) is 4.98 Å². The van der Waals surface area contributed by atoms with Gasteiger partial charge in [0.15, 0.2) is 11.5 Å². The lowest BCUT2D eigenvalue weighted by atomic mass is 10.1. The number of hydrogen-bond donors (Lipinski definition) is 1. The number of nitrogens with one attached hydrogen (secondary N) is 1. The van der Waals surface area contributed by atoms with Crippen LogP contribution in [-0.4, -0.2) is 57.9 Å². The number of thiophene rings is 1. The highest BCUT2D eigenvalue weighted by molar-refractivity contribution is 7.20. The largest absolute Gasteiger partial charge is 0.355 e. The Kier molecular flexibility index (Phi) is 4.44. The molecule has 6 rings (SSSR count). The van der Waals surface area contributed by atoms with Crippen molar-refractivity contribution in [2.24, 2.45) is 5.92 Å². The molecule has 4 aromatic rings. The number of imidazole rings is 1. The van der Waals surface area contributed by atoms with Gasteiger partial charge in [0.25, 0.3) is 5.91 Å². The number of pyridine rings is 2. The number of fused-ring (bicyclic) bond motifs is 3. The van der Waals surface area contributed by atoms with Crippen molar-refractivity contribution in [1.82, 2.24) is 19.3 Å². The predicted octanol–water partition coefficient (Wildman–Crippen LogP) is 3.78. The summed E-state index contributed by atoms with van der Waals surface area (Å²) in [5.41, 5.74) is 1.35. The van der Waals surface area contributed by atoms with Crippen molar-refractivity contribution in [3.8, 4) is 0 Å². The highest BCUT2D eigenvalue weighted by Gasteiger charge is 2.39. The van der Waals surface area contributed by atoms with Crippen molar-refractivity contribution in [3.63, 3.8) is 0 Å². The Morgan fingerprint density at radius 2 is 2.09 bits per heavy atom. The average Bonchev–Trinajstić information content (AvgIpc) is 3.51. The molecule has 2 fully saturated rings. The van der Waals surface area contributed by atoms with Crippen LogP contribution in [0.2, 0.25) is 0 Å². The molecule has 4 aromatic heterocycles. The molecule has 9 heteroatoms. The van der Waals surface area contributed by atoms with Crippen LogP contribution < -0.4 is 10.2 Å². The Bertz CT molecular complexity index is 1360. The topological polar surface area (TPSA) is 65.8 Å². The van der Waals surface area contributed by atoms with Crippen molar-refractivity contribution in [2.45, 2.75) is 19.4 Å². The van der Waals surface area contributed by atoms with Gasteiger partial charge in [0, 0.05) is 43.0 Å². The second-order valence-corrected chi connectivity index (χ2v) is 9.85. The molecule has 2 saturated heterocycles. The number of hydrogen-bond acceptors (Lipinski definition) is 6. The Morgan fingerprint density at radius 3 is 2.94 bits per heavy atom. The van der Waals surface area contributed by atoms with Crippen molar-refractivity contribution < 1.29 is 9.18 Å². The van der Waals surface area contributed by atoms with Gasteiger partial charge < -0.3 is 19.5 Å². The molecule has 0 saturated carbocycles. The number of likely N-dealkylation sites (tertiary alicyclic amines) is 1. The molecule has 0 radical (unpaired) electrons. The Morgan fingerprint density at radius 1 is 1.22 bits per heavy atom. The van der Waals surface area contributed by atoms with Crippen LogP contribution in [0.5, 0.6) is 0 Å². The lowest BCUT2D eigenvalue weighted by Gasteiger charge is -2.21. The molecule has 2 aliphatic heterocycles. The van der Waals surface area contributed by atoms with Gasteiger partial charge in [-0.2, -0.15) is 0 Å². The molecule has 2 atom stereocenters. The number of amides is 1. The number of likely N-dealkylation sites (N-methyl/N-ethyl adjacent to an activating group) is 1. The standard InChI is InChI=1S/C23H23FN6OS/c1-13-9-30-11-16(8-17(24)21(30)25-13)26-22(31)19-7-14-3-4-20(27-23(14)32-19)29-10-15-5-6-28(2)18(15)12-29/h3-4,7-9,11,15,18H,5-6,10,12H2,1-2H3,(H,26,31)/t15-,18+/m1/s1. The van der Waals surface area contributed by atoms with Crippen LogP contribution in [0.3, 0.4) is 0 Å². The fourth-order valence-corrected chi connectivity index (χ4v) is 5.92. The molecule has 6 heterocycles. The summed E-state index contributed by atoms with van der Waals surface area (Å²) >= 11 is 1.36. The van der Waals surface area contributed by atoms with Crippen LogP contribution in [0, 0.1) is 18.7 Å². The van der Waals surface area contributed by atoms with Crippen LogP contribution in [-0.2, 0) is 0 Å². The first kappa shape index (κ1) is 19.6. The Labute approximate surface area is 188 Å². The summed E-state index contributed by atoms with van der Waals surface area (Å²) in [4.78, 5) is 28.0. The molecule has 164 valence electrons. The molecule has 0 aliphatic carbocycles. The van der Waals surface area contributed by atoms with Crippen molar-refractivity contribution in [2.75, 3.05) is 36.9 Å². The molecule has 7 nitrogen and oxygen atoms in total. The third-order valence-corrected chi connectivity index (χ3v) is 7.67. The zero-order valence-corrected chi connectivity index (χ0v) is 18.7. The van der Waals surface area contributed by atoms with E-state index in [1.54, 1.807) is 23.7 Å². The summed E-state index contributed by atoms with van der Waals surface area (Å²) < 4.78 is 15.9. The number of aryl methyl sites for hydroxylation is 1. The molecule has 0 bridgehead atoms. The number of carbonyl (C=O) groups excluding carboxylic acids is 1. The molecule has 0 aromatic carbocycles. The summed E-state index contributed by atoms with van der Waals surface area (Å²) in [7, 11) is 2.20. The van der Waals surface area contributed by atoms with E-state index in [0.29, 0.717) is 28.2 Å². The van der Waals surface area contributed by atoms with E-state index >= 15 is 0 Å². The Hall–Kier alpha value is -3.04. The maximum atomic E-state index is 14.3. The predicted molar refractivity (Wildman–Crippen MR) is 124 cm³/mol. The van der Waals surface area contributed by atoms with Crippen LogP contribution in [0.15, 0.2) is 36.7 Å². The van der Waals surface area contributed by atoms with E-state index in [-0.39, 0.29) is 11.6 Å². The van der Waals surface area contributed by atoms with Gasteiger partial charge in [-0.05, 0) is 51.1 Å². The summed E-state index contributed by atoms with van der Waals surface area (Å²) in [6, 6.07) is 7.82. The second-order valence-electron chi connectivity index (χ2n) is 8.82. The fraction of sp³-hybridized carbons (Fsp3) is 0.348. The van der Waals surface area contributed by atoms with Gasteiger partial charge in [-0.25, -0.2) is 14.4 Å². The average molecular weight is 451 g/mol. The lowest BCUT2D eigenvalue weighted by molar-refractivity contribution is 0.103. The van der Waals surface area contributed by atoms with Crippen LogP contribution in [0.25, 0.3) is 15.9 Å². The monoisotopic (exact) mass is 450 g/mol. The first-order valence-electron chi connectivity index (χ1n) is 10.8. The van der Waals surface area contributed by atoms with Crippen LogP contribution in [0.4, 0.5) is 15.9 Å². The van der Waals surface area contributed by atoms with Crippen molar-refractivity contribution >= 4 is 44.6 Å². The lowest BCUT2D eigenvalue weighted by Crippen LogP contribution is -2.32. The van der Waals surface area contributed by atoms with Gasteiger partial charge in [0.2, 0.25) is 0 Å². The third kappa shape index (κ3) is 3.23. The zero-order chi connectivity index (χ0) is 22.0. The van der Waals surface area contributed by atoms with Crippen molar-refractivity contribution in [3.05, 3.63) is 53.0 Å². The first-order chi connectivity index (χ1) is 15.4. The molecule has 1 amide bonds. The number of carbonyl (C=O) groups is 1. The normalized spacial score (nSPS) is 21.0. The molecule has 2 aliphatic rings. The summed E-state index contributed by atoms with van der Waals surface area (Å²) in [6.07, 6.45) is 4.64. The van der Waals surface area contributed by atoms with Crippen molar-refractivity contribution in [1.29, 1.82) is 0 Å². The second kappa shape index (κ2) is 7.25. The maximum absolute atomic E-state index is 14.3. The SMILES string of the molecule is Cc1cn2cc(NC(=O)c3cc4ccc(N5C[C@H]6CCN(C)[C@H]6C5)nc4s3)cc(F)c2n1. The number of aromatic nitrogens is 3. The number of nitrogens with zero attached hydrogens (tertiary/aromatic N) is 5. The van der Waals surface area contributed by atoms with Gasteiger partial charge in [-0.3, -0.25) is 4.79 Å². The zero-order valence-electron chi connectivity index (χ0n) is 17.9. The summed E-state index contributed by atoms with van der Waals surface area (Å²) in [6.45, 7) is 5.01. The fourth-order valence-electron chi connectivity index (χ4n) is 5.00. The third-order valence-electron chi connectivity index (χ3n) is 6.63. The van der Waals surface area contributed by atoms with E-state index in [2.05, 4.69) is 27.1 Å². The number of halogens is 1. The van der Waals surface area contributed by atoms with Gasteiger partial charge in [-0.1, -0.05) is 0 Å². The highest BCUT2D eigenvalue weighted by Crippen LogP contribution is 2.34. The molecule has 32 heavy (non-hydrogen) atoms. The first-order valence-corrected chi connectivity index (χ1v) is 11.6. The Balaban J connectivity index is 1.23. The van der Waals surface area contributed by atoms with Crippen LogP contribution >= 0.6 is 11.3 Å². The molecular weight excluding hydrogens is 427 g/mol. The van der Waals surface area contributed by atoms with E-state index in [9.17, 15) is 9.18 Å². The minimum Gasteiger partial charge on any atom is -0.355 e. The van der Waals surface area contributed by atoms with E-state index in [1.165, 1.54) is 30.4 Å². The molecular formula is C23H23FN6OS. The summed E-state index contributed by atoms with van der Waals surface area (Å²) in [5.74, 6) is 0.929. The minimum absolute atomic E-state index is 0.247. The van der Waals surface area contributed by atoms with Crippen LogP contribution in [0.1, 0.15) is 21.8 Å². The smallest absolute Gasteiger partial charge is 0.265 e. The highest BCUT2D eigenvalue weighted by atomic mass is 32.1. The number of anilines is 2. The molecule has 1 N–H and O–H groups in total. The molecule has 0 spiro atoms. The number of rotatable bonds is 3. The van der Waals surface area contributed by atoms with E-state index in [0.717, 1.165) is 29.1 Å².